The van der Waals surface area contributed by atoms with Crippen molar-refractivity contribution in [1.82, 2.24) is 10.7 Å². The lowest BCUT2D eigenvalue weighted by molar-refractivity contribution is -0.139. The number of carbonyl (C=O) groups is 2. The second-order valence-electron chi connectivity index (χ2n) is 5.60. The topological polar surface area (TPSA) is 89.0 Å². The van der Waals surface area contributed by atoms with Crippen LogP contribution in [0.4, 0.5) is 0 Å². The molecular formula is C16H19N3O4. The summed E-state index contributed by atoms with van der Waals surface area (Å²) in [5, 5.41) is 6.58. The zero-order chi connectivity index (χ0) is 16.2. The molecule has 0 spiro atoms. The molecule has 122 valence electrons. The Kier molecular flexibility index (Phi) is 4.45. The summed E-state index contributed by atoms with van der Waals surface area (Å²) in [6.07, 6.45) is 2.69. The van der Waals surface area contributed by atoms with Gasteiger partial charge in [0.15, 0.2) is 11.5 Å². The highest BCUT2D eigenvalue weighted by Crippen LogP contribution is 2.30. The Balaban J connectivity index is 1.64. The SMILES string of the molecule is C/C(=N/NC(=O)C(=O)NC1CC1)c1ccc2c(c1)OCCCO2. The molecule has 1 aromatic carbocycles. The van der Waals surface area contributed by atoms with Gasteiger partial charge in [0, 0.05) is 18.0 Å². The third-order valence-corrected chi connectivity index (χ3v) is 3.61. The third kappa shape index (κ3) is 4.00. The summed E-state index contributed by atoms with van der Waals surface area (Å²) >= 11 is 0. The largest absolute Gasteiger partial charge is 0.490 e. The molecule has 0 bridgehead atoms. The number of hydrazone groups is 1. The Morgan fingerprint density at radius 2 is 1.87 bits per heavy atom. The summed E-state index contributed by atoms with van der Waals surface area (Å²) in [5.74, 6) is -0.0486. The number of hydrogen-bond acceptors (Lipinski definition) is 5. The molecule has 0 saturated heterocycles. The van der Waals surface area contributed by atoms with Crippen molar-refractivity contribution in [2.24, 2.45) is 5.10 Å². The quantitative estimate of drug-likeness (QED) is 0.494. The standard InChI is InChI=1S/C16H19N3O4/c1-10(18-19-16(21)15(20)17-12-4-5-12)11-3-6-13-14(9-11)23-8-2-7-22-13/h3,6,9,12H,2,4-5,7-8H2,1H3,(H,17,20)(H,19,21)/b18-10-. The van der Waals surface area contributed by atoms with Gasteiger partial charge in [-0.25, -0.2) is 5.43 Å². The smallest absolute Gasteiger partial charge is 0.329 e. The normalized spacial score (nSPS) is 17.2. The summed E-state index contributed by atoms with van der Waals surface area (Å²) < 4.78 is 11.2. The lowest BCUT2D eigenvalue weighted by Gasteiger charge is -2.09. The van der Waals surface area contributed by atoms with Gasteiger partial charge in [-0.2, -0.15) is 5.10 Å². The minimum absolute atomic E-state index is 0.139. The molecule has 1 saturated carbocycles. The van der Waals surface area contributed by atoms with Crippen LogP contribution in [-0.2, 0) is 9.59 Å². The third-order valence-electron chi connectivity index (χ3n) is 3.61. The van der Waals surface area contributed by atoms with Crippen molar-refractivity contribution in [2.75, 3.05) is 13.2 Å². The first-order valence-electron chi connectivity index (χ1n) is 7.68. The van der Waals surface area contributed by atoms with E-state index in [9.17, 15) is 9.59 Å². The summed E-state index contributed by atoms with van der Waals surface area (Å²) in [7, 11) is 0. The van der Waals surface area contributed by atoms with Crippen LogP contribution in [0.3, 0.4) is 0 Å². The first kappa shape index (κ1) is 15.3. The van der Waals surface area contributed by atoms with Gasteiger partial charge in [0.2, 0.25) is 0 Å². The molecule has 2 aliphatic rings. The molecule has 1 aromatic rings. The number of fused-ring (bicyclic) bond motifs is 1. The number of rotatable bonds is 3. The van der Waals surface area contributed by atoms with Crippen LogP contribution in [0.25, 0.3) is 0 Å². The molecule has 1 aliphatic heterocycles. The van der Waals surface area contributed by atoms with Crippen LogP contribution in [0, 0.1) is 0 Å². The van der Waals surface area contributed by atoms with Gasteiger partial charge >= 0.3 is 11.8 Å². The molecule has 0 unspecified atom stereocenters. The lowest BCUT2D eigenvalue weighted by Crippen LogP contribution is -2.39. The molecule has 23 heavy (non-hydrogen) atoms. The maximum absolute atomic E-state index is 11.6. The molecule has 0 radical (unpaired) electrons. The molecule has 2 N–H and O–H groups in total. The molecule has 2 amide bonds. The molecule has 7 heteroatoms. The first-order valence-corrected chi connectivity index (χ1v) is 7.68. The van der Waals surface area contributed by atoms with Crippen LogP contribution in [0.5, 0.6) is 11.5 Å². The minimum Gasteiger partial charge on any atom is -0.490 e. The molecule has 7 nitrogen and oxygen atoms in total. The van der Waals surface area contributed by atoms with Crippen LogP contribution < -0.4 is 20.2 Å². The Morgan fingerprint density at radius 1 is 1.13 bits per heavy atom. The monoisotopic (exact) mass is 317 g/mol. The van der Waals surface area contributed by atoms with Crippen LogP contribution in [0.2, 0.25) is 0 Å². The van der Waals surface area contributed by atoms with Gasteiger partial charge in [-0.3, -0.25) is 9.59 Å². The number of ether oxygens (including phenoxy) is 2. The average molecular weight is 317 g/mol. The highest BCUT2D eigenvalue weighted by molar-refractivity contribution is 6.35. The van der Waals surface area contributed by atoms with Gasteiger partial charge < -0.3 is 14.8 Å². The van der Waals surface area contributed by atoms with E-state index in [1.54, 1.807) is 6.92 Å². The van der Waals surface area contributed by atoms with E-state index in [0.29, 0.717) is 30.4 Å². The van der Waals surface area contributed by atoms with Crippen LogP contribution in [-0.4, -0.2) is 36.8 Å². The number of benzene rings is 1. The highest BCUT2D eigenvalue weighted by atomic mass is 16.5. The van der Waals surface area contributed by atoms with Crippen molar-refractivity contribution in [3.63, 3.8) is 0 Å². The predicted octanol–water partition coefficient (Wildman–Crippen LogP) is 0.967. The van der Waals surface area contributed by atoms with Crippen molar-refractivity contribution in [1.29, 1.82) is 0 Å². The number of amides is 2. The zero-order valence-corrected chi connectivity index (χ0v) is 12.9. The minimum atomic E-state index is -0.759. The maximum atomic E-state index is 11.6. The van der Waals surface area contributed by atoms with E-state index in [1.165, 1.54) is 0 Å². The van der Waals surface area contributed by atoms with E-state index < -0.39 is 11.8 Å². The summed E-state index contributed by atoms with van der Waals surface area (Å²) in [5.41, 5.74) is 3.64. The van der Waals surface area contributed by atoms with Crippen molar-refractivity contribution >= 4 is 17.5 Å². The second kappa shape index (κ2) is 6.68. The zero-order valence-electron chi connectivity index (χ0n) is 12.9. The fourth-order valence-corrected chi connectivity index (χ4v) is 2.12. The van der Waals surface area contributed by atoms with Crippen molar-refractivity contribution in [3.8, 4) is 11.5 Å². The average Bonchev–Trinajstić information content (AvgIpc) is 3.37. The van der Waals surface area contributed by atoms with E-state index >= 15 is 0 Å². The van der Waals surface area contributed by atoms with Crippen LogP contribution >= 0.6 is 0 Å². The van der Waals surface area contributed by atoms with E-state index in [1.807, 2.05) is 18.2 Å². The molecule has 1 aliphatic carbocycles. The Morgan fingerprint density at radius 3 is 2.61 bits per heavy atom. The molecule has 1 fully saturated rings. The molecular weight excluding hydrogens is 298 g/mol. The van der Waals surface area contributed by atoms with Gasteiger partial charge in [-0.05, 0) is 38.0 Å². The molecule has 3 rings (SSSR count). The van der Waals surface area contributed by atoms with E-state index in [2.05, 4.69) is 15.8 Å². The van der Waals surface area contributed by atoms with E-state index in [4.69, 9.17) is 9.47 Å². The summed E-state index contributed by atoms with van der Waals surface area (Å²) in [6.45, 7) is 2.98. The number of carbonyl (C=O) groups excluding carboxylic acids is 2. The lowest BCUT2D eigenvalue weighted by atomic mass is 10.1. The Hall–Kier alpha value is -2.57. The van der Waals surface area contributed by atoms with Gasteiger partial charge in [0.05, 0.1) is 18.9 Å². The van der Waals surface area contributed by atoms with Crippen LogP contribution in [0.15, 0.2) is 23.3 Å². The molecule has 1 heterocycles. The number of nitrogens with one attached hydrogen (secondary N) is 2. The second-order valence-corrected chi connectivity index (χ2v) is 5.60. The van der Waals surface area contributed by atoms with Crippen LogP contribution in [0.1, 0.15) is 31.7 Å². The van der Waals surface area contributed by atoms with Crippen molar-refractivity contribution in [2.45, 2.75) is 32.2 Å². The van der Waals surface area contributed by atoms with Crippen molar-refractivity contribution in [3.05, 3.63) is 23.8 Å². The number of hydrogen-bond donors (Lipinski definition) is 2. The first-order chi connectivity index (χ1) is 11.1. The van der Waals surface area contributed by atoms with Gasteiger partial charge in [-0.1, -0.05) is 0 Å². The van der Waals surface area contributed by atoms with Gasteiger partial charge in [0.25, 0.3) is 0 Å². The Labute approximate surface area is 134 Å². The van der Waals surface area contributed by atoms with E-state index in [0.717, 1.165) is 24.8 Å². The van der Waals surface area contributed by atoms with Gasteiger partial charge in [-0.15, -0.1) is 0 Å². The van der Waals surface area contributed by atoms with Gasteiger partial charge in [0.1, 0.15) is 0 Å². The maximum Gasteiger partial charge on any atom is 0.329 e. The predicted molar refractivity (Wildman–Crippen MR) is 83.6 cm³/mol. The fraction of sp³-hybridized carbons (Fsp3) is 0.438. The Bertz CT molecular complexity index is 653. The number of nitrogens with zero attached hydrogens (tertiary/aromatic N) is 1. The highest BCUT2D eigenvalue weighted by Gasteiger charge is 2.26. The fourth-order valence-electron chi connectivity index (χ4n) is 2.12. The molecule has 0 atom stereocenters. The van der Waals surface area contributed by atoms with E-state index in [-0.39, 0.29) is 6.04 Å². The van der Waals surface area contributed by atoms with Crippen molar-refractivity contribution < 1.29 is 19.1 Å². The summed E-state index contributed by atoms with van der Waals surface area (Å²) in [6, 6.07) is 5.61. The molecule has 0 aromatic heterocycles. The summed E-state index contributed by atoms with van der Waals surface area (Å²) in [4.78, 5) is 23.2.